The molecule has 31 heavy (non-hydrogen) atoms. The van der Waals surface area contributed by atoms with Gasteiger partial charge in [-0.05, 0) is 38.8 Å². The van der Waals surface area contributed by atoms with E-state index in [1.807, 2.05) is 6.92 Å². The molecule has 8 heteroatoms. The number of halogens is 1. The van der Waals surface area contributed by atoms with Gasteiger partial charge in [-0.2, -0.15) is 0 Å². The fourth-order valence-corrected chi connectivity index (χ4v) is 4.25. The van der Waals surface area contributed by atoms with Gasteiger partial charge in [-0.25, -0.2) is 0 Å². The van der Waals surface area contributed by atoms with Crippen molar-refractivity contribution in [3.63, 3.8) is 0 Å². The largest absolute Gasteiger partial charge is 0.387 e. The zero-order chi connectivity index (χ0) is 21.2. The Hall–Kier alpha value is -0.940. The van der Waals surface area contributed by atoms with Crippen molar-refractivity contribution >= 4 is 29.9 Å². The minimum atomic E-state index is -0.855. The van der Waals surface area contributed by atoms with E-state index in [2.05, 4.69) is 62.7 Å². The van der Waals surface area contributed by atoms with Gasteiger partial charge in [0.1, 0.15) is 0 Å². The van der Waals surface area contributed by atoms with Gasteiger partial charge in [0.2, 0.25) is 0 Å². The molecule has 0 aromatic heterocycles. The first-order chi connectivity index (χ1) is 14.6. The van der Waals surface area contributed by atoms with Crippen molar-refractivity contribution < 1.29 is 9.84 Å². The molecule has 0 bridgehead atoms. The van der Waals surface area contributed by atoms with Crippen molar-refractivity contribution in [3.05, 3.63) is 35.9 Å². The van der Waals surface area contributed by atoms with Crippen LogP contribution in [0.4, 0.5) is 0 Å². The lowest BCUT2D eigenvalue weighted by atomic mass is 10.1. The number of likely N-dealkylation sites (tertiary alicyclic amines) is 1. The smallest absolute Gasteiger partial charge is 0.191 e. The maximum Gasteiger partial charge on any atom is 0.191 e. The van der Waals surface area contributed by atoms with Gasteiger partial charge in [-0.3, -0.25) is 14.8 Å². The fourth-order valence-electron chi connectivity index (χ4n) is 4.25. The summed E-state index contributed by atoms with van der Waals surface area (Å²) in [6.45, 7) is 12.0. The number of ether oxygens (including phenoxy) is 1. The average molecular weight is 546 g/mol. The Bertz CT molecular complexity index is 653. The van der Waals surface area contributed by atoms with Gasteiger partial charge in [-0.15, -0.1) is 24.0 Å². The van der Waals surface area contributed by atoms with Crippen LogP contribution < -0.4 is 10.6 Å². The summed E-state index contributed by atoms with van der Waals surface area (Å²) in [6.07, 6.45) is 2.44. The third-order valence-corrected chi connectivity index (χ3v) is 5.82. The Morgan fingerprint density at radius 3 is 2.65 bits per heavy atom. The standard InChI is InChI=1S/C23H39N5O2.HI/c1-3-24-22(26-18-23(2,29)19-27-12-14-30-15-13-27)25-16-21-10-7-11-28(21)17-20-8-5-4-6-9-20;/h4-6,8-9,21,29H,3,7,10-19H2,1-2H3,(H2,24,25,26);1H. The molecule has 3 rings (SSSR count). The van der Waals surface area contributed by atoms with Crippen LogP contribution in [-0.4, -0.2) is 91.5 Å². The molecule has 0 aliphatic carbocycles. The number of guanidine groups is 1. The molecular weight excluding hydrogens is 505 g/mol. The number of hydrogen-bond donors (Lipinski definition) is 3. The molecule has 2 atom stereocenters. The quantitative estimate of drug-likeness (QED) is 0.250. The van der Waals surface area contributed by atoms with Crippen LogP contribution >= 0.6 is 24.0 Å². The lowest BCUT2D eigenvalue weighted by Crippen LogP contribution is -2.49. The van der Waals surface area contributed by atoms with Crippen LogP contribution in [0.15, 0.2) is 35.3 Å². The molecule has 176 valence electrons. The highest BCUT2D eigenvalue weighted by Crippen LogP contribution is 2.19. The van der Waals surface area contributed by atoms with E-state index in [1.165, 1.54) is 18.4 Å². The molecular formula is C23H40IN5O2. The third kappa shape index (κ3) is 9.21. The molecule has 3 N–H and O–H groups in total. The maximum atomic E-state index is 10.8. The van der Waals surface area contributed by atoms with Crippen LogP contribution in [0, 0.1) is 0 Å². The van der Waals surface area contributed by atoms with Crippen molar-refractivity contribution in [1.29, 1.82) is 0 Å². The van der Waals surface area contributed by atoms with Crippen LogP contribution in [-0.2, 0) is 11.3 Å². The second-order valence-corrected chi connectivity index (χ2v) is 8.71. The maximum absolute atomic E-state index is 10.8. The van der Waals surface area contributed by atoms with Gasteiger partial charge in [0, 0.05) is 45.3 Å². The zero-order valence-corrected chi connectivity index (χ0v) is 21.4. The molecule has 0 spiro atoms. The topological polar surface area (TPSA) is 72.4 Å². The molecule has 2 aliphatic heterocycles. The van der Waals surface area contributed by atoms with Crippen molar-refractivity contribution in [3.8, 4) is 0 Å². The lowest BCUT2D eigenvalue weighted by Gasteiger charge is -2.33. The first kappa shape index (κ1) is 26.3. The van der Waals surface area contributed by atoms with Gasteiger partial charge >= 0.3 is 0 Å². The molecule has 0 amide bonds. The fraction of sp³-hybridized carbons (Fsp3) is 0.696. The summed E-state index contributed by atoms with van der Waals surface area (Å²) in [6, 6.07) is 11.2. The summed E-state index contributed by atoms with van der Waals surface area (Å²) in [5, 5.41) is 17.6. The Labute approximate surface area is 204 Å². The van der Waals surface area contributed by atoms with Gasteiger partial charge in [0.05, 0.1) is 25.4 Å². The SMILES string of the molecule is CCNC(=NCC(C)(O)CN1CCOCC1)NCC1CCCN1Cc1ccccc1.I. The van der Waals surface area contributed by atoms with Crippen molar-refractivity contribution in [2.24, 2.45) is 4.99 Å². The van der Waals surface area contributed by atoms with Gasteiger partial charge in [0.25, 0.3) is 0 Å². The zero-order valence-electron chi connectivity index (χ0n) is 19.1. The molecule has 2 aliphatic rings. The van der Waals surface area contributed by atoms with E-state index in [9.17, 15) is 5.11 Å². The number of β-amino-alcohol motifs (C(OH)–C–C–N with tert-alkyl or cyclic N) is 1. The van der Waals surface area contributed by atoms with Gasteiger partial charge in [0.15, 0.2) is 5.96 Å². The summed E-state index contributed by atoms with van der Waals surface area (Å²) in [4.78, 5) is 9.49. The lowest BCUT2D eigenvalue weighted by molar-refractivity contribution is -0.0180. The first-order valence-electron chi connectivity index (χ1n) is 11.4. The van der Waals surface area contributed by atoms with Crippen LogP contribution in [0.25, 0.3) is 0 Å². The summed E-state index contributed by atoms with van der Waals surface area (Å²) in [5.74, 6) is 0.784. The molecule has 2 fully saturated rings. The highest BCUT2D eigenvalue weighted by Gasteiger charge is 2.26. The average Bonchev–Trinajstić information content (AvgIpc) is 3.18. The Balaban J connectivity index is 0.00000341. The number of aliphatic imine (C=N–C) groups is 1. The van der Waals surface area contributed by atoms with Crippen LogP contribution in [0.3, 0.4) is 0 Å². The van der Waals surface area contributed by atoms with Crippen molar-refractivity contribution in [2.75, 3.05) is 59.0 Å². The first-order valence-corrected chi connectivity index (χ1v) is 11.4. The van der Waals surface area contributed by atoms with E-state index in [4.69, 9.17) is 4.74 Å². The molecule has 1 aromatic rings. The number of nitrogens with zero attached hydrogens (tertiary/aromatic N) is 3. The van der Waals surface area contributed by atoms with E-state index in [0.29, 0.717) is 19.1 Å². The van der Waals surface area contributed by atoms with E-state index in [1.54, 1.807) is 0 Å². The molecule has 0 radical (unpaired) electrons. The number of morpholine rings is 1. The summed E-state index contributed by atoms with van der Waals surface area (Å²) in [5.41, 5.74) is 0.510. The number of benzene rings is 1. The Morgan fingerprint density at radius 1 is 1.19 bits per heavy atom. The van der Waals surface area contributed by atoms with E-state index >= 15 is 0 Å². The molecule has 2 saturated heterocycles. The highest BCUT2D eigenvalue weighted by atomic mass is 127. The van der Waals surface area contributed by atoms with Gasteiger partial charge < -0.3 is 20.5 Å². The number of nitrogens with one attached hydrogen (secondary N) is 2. The molecule has 1 aromatic carbocycles. The van der Waals surface area contributed by atoms with E-state index < -0.39 is 5.60 Å². The minimum Gasteiger partial charge on any atom is -0.387 e. The van der Waals surface area contributed by atoms with Crippen LogP contribution in [0.2, 0.25) is 0 Å². The van der Waals surface area contributed by atoms with E-state index in [0.717, 1.165) is 58.4 Å². The predicted molar refractivity (Wildman–Crippen MR) is 137 cm³/mol. The monoisotopic (exact) mass is 545 g/mol. The third-order valence-electron chi connectivity index (χ3n) is 5.82. The van der Waals surface area contributed by atoms with Crippen LogP contribution in [0.1, 0.15) is 32.3 Å². The number of aliphatic hydroxyl groups is 1. The normalized spacial score (nSPS) is 22.5. The minimum absolute atomic E-state index is 0. The number of hydrogen-bond acceptors (Lipinski definition) is 5. The number of rotatable bonds is 9. The summed E-state index contributed by atoms with van der Waals surface area (Å²) >= 11 is 0. The second kappa shape index (κ2) is 13.6. The summed E-state index contributed by atoms with van der Waals surface area (Å²) < 4.78 is 5.40. The van der Waals surface area contributed by atoms with E-state index in [-0.39, 0.29) is 24.0 Å². The van der Waals surface area contributed by atoms with Crippen LogP contribution in [0.5, 0.6) is 0 Å². The molecule has 2 heterocycles. The molecule has 0 saturated carbocycles. The predicted octanol–water partition coefficient (Wildman–Crippen LogP) is 1.91. The Kier molecular flexibility index (Phi) is 11.5. The Morgan fingerprint density at radius 2 is 1.94 bits per heavy atom. The highest BCUT2D eigenvalue weighted by molar-refractivity contribution is 14.0. The molecule has 7 nitrogen and oxygen atoms in total. The second-order valence-electron chi connectivity index (χ2n) is 8.71. The molecule has 2 unspecified atom stereocenters. The van der Waals surface area contributed by atoms with Crippen molar-refractivity contribution in [1.82, 2.24) is 20.4 Å². The van der Waals surface area contributed by atoms with Gasteiger partial charge in [-0.1, -0.05) is 30.3 Å². The summed E-state index contributed by atoms with van der Waals surface area (Å²) in [7, 11) is 0. The van der Waals surface area contributed by atoms with Crippen molar-refractivity contribution in [2.45, 2.75) is 44.9 Å².